The third kappa shape index (κ3) is 7.14. The molecule has 0 aromatic heterocycles. The van der Waals surface area contributed by atoms with Gasteiger partial charge in [0.1, 0.15) is 35.6 Å². The topological polar surface area (TPSA) is 231 Å². The van der Waals surface area contributed by atoms with Gasteiger partial charge in [0.2, 0.25) is 5.78 Å². The number of fused-ring (bicyclic) bond motifs is 3. The molecule has 0 saturated carbocycles. The molecule has 2 aromatic carbocycles. The van der Waals surface area contributed by atoms with Gasteiger partial charge < -0.3 is 64.0 Å². The summed E-state index contributed by atoms with van der Waals surface area (Å²) in [7, 11) is 3.70. The fraction of sp³-hybridized carbons (Fsp3) is 0.625. The summed E-state index contributed by atoms with van der Waals surface area (Å²) >= 11 is 0. The normalized spacial score (nSPS) is 36.5. The highest BCUT2D eigenvalue weighted by atomic mass is 16.7. The minimum absolute atomic E-state index is 0.00193. The average molecular weight is 786 g/mol. The highest BCUT2D eigenvalue weighted by Gasteiger charge is 2.50. The molecular formula is C40H51NO15. The van der Waals surface area contributed by atoms with Gasteiger partial charge in [-0.25, -0.2) is 0 Å². The number of carbonyl (C=O) groups is 3. The van der Waals surface area contributed by atoms with Gasteiger partial charge in [0.25, 0.3) is 0 Å². The Morgan fingerprint density at radius 2 is 1.48 bits per heavy atom. The minimum atomic E-state index is -1.88. The van der Waals surface area contributed by atoms with Crippen molar-refractivity contribution in [3.8, 4) is 17.2 Å². The van der Waals surface area contributed by atoms with Crippen molar-refractivity contribution < 1.29 is 73.4 Å². The van der Waals surface area contributed by atoms with Crippen LogP contribution >= 0.6 is 0 Å². The molecule has 3 saturated heterocycles. The van der Waals surface area contributed by atoms with Gasteiger partial charge in [-0.05, 0) is 47.9 Å². The van der Waals surface area contributed by atoms with Gasteiger partial charge in [-0.2, -0.15) is 0 Å². The zero-order valence-electron chi connectivity index (χ0n) is 32.2. The molecule has 13 atom stereocenters. The van der Waals surface area contributed by atoms with E-state index in [1.165, 1.54) is 25.1 Å². The molecule has 16 nitrogen and oxygen atoms in total. The van der Waals surface area contributed by atoms with Crippen LogP contribution in [-0.2, 0) is 39.6 Å². The van der Waals surface area contributed by atoms with Gasteiger partial charge >= 0.3 is 0 Å². The van der Waals surface area contributed by atoms with E-state index >= 15 is 0 Å². The van der Waals surface area contributed by atoms with E-state index in [0.717, 1.165) is 0 Å². The molecular weight excluding hydrogens is 734 g/mol. The standard InChI is InChI=1S/C40H51NO15/c1-16-23(43)10-11-27(51-16)55-39-18(3)53-29(13-25(39)45)56-38-17(2)52-28(12-22(38)41(5)6)54-26-15-40(50,19(4)42)14-21-31(26)37(49)33-32(35(21)47)34(46)20-8-7-9-24(44)30(20)36(33)48/h7-9,16-19,22,25-29,38-39,42,44-45,47,49-50H,10-15H2,1-6H3/t16-,17+,18-,19+,22-,25-,26-,27-,28-,29-,38-,39+,40-/m0/s1. The number of aromatic hydroxyl groups is 3. The molecule has 3 fully saturated rings. The van der Waals surface area contributed by atoms with E-state index in [4.69, 9.17) is 28.4 Å². The summed E-state index contributed by atoms with van der Waals surface area (Å²) in [5.41, 5.74) is -3.42. The number of benzene rings is 2. The number of aliphatic hydroxyl groups excluding tert-OH is 2. The zero-order chi connectivity index (χ0) is 40.5. The maximum Gasteiger partial charge on any atom is 0.202 e. The highest BCUT2D eigenvalue weighted by molar-refractivity contribution is 6.31. The van der Waals surface area contributed by atoms with Gasteiger partial charge in [0.05, 0.1) is 52.8 Å². The Bertz CT molecular complexity index is 1870. The van der Waals surface area contributed by atoms with Crippen molar-refractivity contribution in [1.82, 2.24) is 4.90 Å². The van der Waals surface area contributed by atoms with Crippen molar-refractivity contribution in [2.75, 3.05) is 14.1 Å². The van der Waals surface area contributed by atoms with Crippen LogP contribution in [0.25, 0.3) is 0 Å². The van der Waals surface area contributed by atoms with Crippen LogP contribution in [0.15, 0.2) is 18.2 Å². The number of ether oxygens (including phenoxy) is 6. The molecule has 56 heavy (non-hydrogen) atoms. The number of phenols is 3. The molecule has 3 aliphatic heterocycles. The largest absolute Gasteiger partial charge is 0.507 e. The van der Waals surface area contributed by atoms with Crippen molar-refractivity contribution in [2.24, 2.45) is 0 Å². The first-order valence-electron chi connectivity index (χ1n) is 19.1. The second kappa shape index (κ2) is 15.3. The predicted molar refractivity (Wildman–Crippen MR) is 193 cm³/mol. The van der Waals surface area contributed by atoms with E-state index in [2.05, 4.69) is 0 Å². The van der Waals surface area contributed by atoms with Crippen LogP contribution < -0.4 is 0 Å². The number of nitrogens with zero attached hydrogens (tertiary/aromatic N) is 1. The molecule has 0 unspecified atom stereocenters. The molecule has 6 N–H and O–H groups in total. The molecule has 5 aliphatic rings. The number of likely N-dealkylation sites (N-methyl/N-ethyl adjacent to an activating group) is 1. The monoisotopic (exact) mass is 785 g/mol. The number of ketones is 3. The van der Waals surface area contributed by atoms with Gasteiger partial charge in [0, 0.05) is 61.3 Å². The number of carbonyl (C=O) groups excluding carboxylic acids is 3. The maximum absolute atomic E-state index is 13.8. The van der Waals surface area contributed by atoms with E-state index in [1.54, 1.807) is 20.8 Å². The Hall–Kier alpha value is -3.55. The van der Waals surface area contributed by atoms with E-state index in [1.807, 2.05) is 19.0 Å². The van der Waals surface area contributed by atoms with Crippen molar-refractivity contribution >= 4 is 17.3 Å². The third-order valence-corrected chi connectivity index (χ3v) is 12.0. The molecule has 0 amide bonds. The summed E-state index contributed by atoms with van der Waals surface area (Å²) in [5.74, 6) is -3.42. The molecule has 0 bridgehead atoms. The summed E-state index contributed by atoms with van der Waals surface area (Å²) in [4.78, 5) is 41.3. The zero-order valence-corrected chi connectivity index (χ0v) is 32.2. The minimum Gasteiger partial charge on any atom is -0.507 e. The van der Waals surface area contributed by atoms with Crippen LogP contribution in [0.2, 0.25) is 0 Å². The number of hydrogen-bond acceptors (Lipinski definition) is 16. The molecule has 0 radical (unpaired) electrons. The average Bonchev–Trinajstić information content (AvgIpc) is 3.12. The Morgan fingerprint density at radius 1 is 0.839 bits per heavy atom. The lowest BCUT2D eigenvalue weighted by Crippen LogP contribution is -2.58. The Labute approximate surface area is 323 Å². The Kier molecular flexibility index (Phi) is 11.1. The first kappa shape index (κ1) is 40.6. The molecule has 0 spiro atoms. The van der Waals surface area contributed by atoms with Crippen molar-refractivity contribution in [3.63, 3.8) is 0 Å². The summed E-state index contributed by atoms with van der Waals surface area (Å²) in [6.45, 7) is 6.59. The summed E-state index contributed by atoms with van der Waals surface area (Å²) in [5, 5.41) is 67.5. The fourth-order valence-corrected chi connectivity index (χ4v) is 8.81. The van der Waals surface area contributed by atoms with Crippen LogP contribution in [0.5, 0.6) is 17.2 Å². The van der Waals surface area contributed by atoms with E-state index in [9.17, 15) is 45.0 Å². The molecule has 306 valence electrons. The Morgan fingerprint density at radius 3 is 2.12 bits per heavy atom. The predicted octanol–water partition coefficient (Wildman–Crippen LogP) is 2.12. The Balaban J connectivity index is 1.11. The second-order valence-electron chi connectivity index (χ2n) is 16.0. The highest BCUT2D eigenvalue weighted by Crippen LogP contribution is 2.53. The van der Waals surface area contributed by atoms with Crippen LogP contribution in [-0.4, -0.2) is 140 Å². The lowest BCUT2D eigenvalue weighted by Gasteiger charge is -2.47. The molecule has 2 aromatic rings. The molecule has 2 aliphatic carbocycles. The smallest absolute Gasteiger partial charge is 0.202 e. The van der Waals surface area contributed by atoms with Gasteiger partial charge in [0.15, 0.2) is 30.4 Å². The van der Waals surface area contributed by atoms with Crippen molar-refractivity contribution in [3.05, 3.63) is 51.6 Å². The molecule has 16 heteroatoms. The van der Waals surface area contributed by atoms with Gasteiger partial charge in [-0.15, -0.1) is 0 Å². The van der Waals surface area contributed by atoms with Crippen LogP contribution in [0.1, 0.15) is 109 Å². The number of aliphatic hydroxyl groups is 3. The number of Topliss-reactive ketones (excluding diaryl/α,β-unsaturated/α-hetero) is 1. The number of phenolic OH excluding ortho intramolecular Hbond substituents is 3. The number of hydrogen-bond donors (Lipinski definition) is 6. The van der Waals surface area contributed by atoms with Gasteiger partial charge in [-0.1, -0.05) is 12.1 Å². The molecule has 7 rings (SSSR count). The fourth-order valence-electron chi connectivity index (χ4n) is 8.81. The van der Waals surface area contributed by atoms with E-state index in [0.29, 0.717) is 12.8 Å². The summed E-state index contributed by atoms with van der Waals surface area (Å²) in [6.07, 6.45) is -8.76. The maximum atomic E-state index is 13.8. The lowest BCUT2D eigenvalue weighted by molar-refractivity contribution is -0.324. The van der Waals surface area contributed by atoms with Crippen molar-refractivity contribution in [1.29, 1.82) is 0 Å². The second-order valence-corrected chi connectivity index (χ2v) is 16.0. The van der Waals surface area contributed by atoms with Crippen LogP contribution in [0, 0.1) is 0 Å². The lowest BCUT2D eigenvalue weighted by atomic mass is 9.71. The summed E-state index contributed by atoms with van der Waals surface area (Å²) < 4.78 is 37.2. The van der Waals surface area contributed by atoms with Crippen molar-refractivity contribution in [2.45, 2.75) is 146 Å². The first-order valence-corrected chi connectivity index (χ1v) is 19.1. The quantitative estimate of drug-likeness (QED) is 0.180. The van der Waals surface area contributed by atoms with Crippen LogP contribution in [0.3, 0.4) is 0 Å². The first-order chi connectivity index (χ1) is 26.4. The van der Waals surface area contributed by atoms with E-state index in [-0.39, 0.29) is 59.8 Å². The van der Waals surface area contributed by atoms with E-state index < -0.39 is 113 Å². The SMILES string of the molecule is C[C@@H]1O[C@@H](O[C@@H]2[C@H](C)O[C@@H](O[C@H]3[C@@H](C)O[C@@H](O[C@H]4C[C@](O)([C@@H](C)O)Cc5c(O)c6c(c(O)c54)C(=O)c4c(O)cccc4C6=O)C[C@@H]3N(C)C)C[C@@H]2O)CCC1=O. The third-order valence-electron chi connectivity index (χ3n) is 12.0. The summed E-state index contributed by atoms with van der Waals surface area (Å²) in [6, 6.07) is 3.60. The number of rotatable bonds is 8. The van der Waals surface area contributed by atoms with Crippen LogP contribution in [0.4, 0.5) is 0 Å². The molecule has 3 heterocycles. The van der Waals surface area contributed by atoms with Gasteiger partial charge in [-0.3, -0.25) is 14.4 Å².